The molecule has 1 saturated heterocycles. The lowest BCUT2D eigenvalue weighted by atomic mass is 10.1. The third-order valence-electron chi connectivity index (χ3n) is 5.26. The average Bonchev–Trinajstić information content (AvgIpc) is 3.25. The Morgan fingerprint density at radius 2 is 2.24 bits per heavy atom. The number of aromatic nitrogens is 1. The molecule has 1 aliphatic heterocycles. The van der Waals surface area contributed by atoms with Crippen LogP contribution in [0.2, 0.25) is 0 Å². The summed E-state index contributed by atoms with van der Waals surface area (Å²) in [4.78, 5) is 7.04. The molecule has 0 radical (unpaired) electrons. The number of furan rings is 1. The van der Waals surface area contributed by atoms with Crippen molar-refractivity contribution in [2.24, 2.45) is 5.92 Å². The second-order valence-electron chi connectivity index (χ2n) is 7.20. The van der Waals surface area contributed by atoms with Crippen LogP contribution in [0.1, 0.15) is 29.8 Å². The molecular weight excluding hydrogens is 316 g/mol. The van der Waals surface area contributed by atoms with E-state index in [1.807, 2.05) is 31.4 Å². The van der Waals surface area contributed by atoms with Gasteiger partial charge in [0.2, 0.25) is 0 Å². The zero-order valence-corrected chi connectivity index (χ0v) is 14.8. The number of morpholine rings is 1. The Bertz CT molecular complexity index is 673. The van der Waals surface area contributed by atoms with Crippen molar-refractivity contribution in [3.8, 4) is 0 Å². The molecule has 4 rings (SSSR count). The number of rotatable bonds is 6. The Kier molecular flexibility index (Phi) is 5.15. The van der Waals surface area contributed by atoms with E-state index < -0.39 is 0 Å². The van der Waals surface area contributed by atoms with Crippen molar-refractivity contribution in [3.63, 3.8) is 0 Å². The second-order valence-corrected chi connectivity index (χ2v) is 7.20. The molecule has 0 N–H and O–H groups in total. The standard InChI is InChI=1S/C20H26N2O3/c1-15-3-2-4-18(21-15)14-24-13-17-9-19-20(10-17)25-8-6-22(19)11-16-5-7-23-12-16/h2-5,7,12,17,19-20H,6,8-11,13-14H2,1H3/t17?,19-,20-/m1/s1. The van der Waals surface area contributed by atoms with Crippen LogP contribution in [0.25, 0.3) is 0 Å². The van der Waals surface area contributed by atoms with Gasteiger partial charge < -0.3 is 13.9 Å². The molecule has 2 fully saturated rings. The van der Waals surface area contributed by atoms with Gasteiger partial charge in [-0.1, -0.05) is 6.07 Å². The Hall–Kier alpha value is -1.69. The van der Waals surface area contributed by atoms with Crippen LogP contribution in [-0.2, 0) is 22.6 Å². The Balaban J connectivity index is 1.29. The van der Waals surface area contributed by atoms with E-state index in [2.05, 4.69) is 16.0 Å². The van der Waals surface area contributed by atoms with Crippen molar-refractivity contribution in [1.29, 1.82) is 0 Å². The van der Waals surface area contributed by atoms with Crippen molar-refractivity contribution >= 4 is 0 Å². The van der Waals surface area contributed by atoms with Gasteiger partial charge in [-0.15, -0.1) is 0 Å². The smallest absolute Gasteiger partial charge is 0.0947 e. The molecule has 2 aliphatic rings. The number of aryl methyl sites for hydroxylation is 1. The van der Waals surface area contributed by atoms with Gasteiger partial charge in [0.05, 0.1) is 44.1 Å². The van der Waals surface area contributed by atoms with E-state index in [9.17, 15) is 0 Å². The zero-order chi connectivity index (χ0) is 17.1. The topological polar surface area (TPSA) is 47.7 Å². The Morgan fingerprint density at radius 1 is 1.28 bits per heavy atom. The first-order chi connectivity index (χ1) is 12.3. The number of nitrogens with zero attached hydrogens (tertiary/aromatic N) is 2. The van der Waals surface area contributed by atoms with Crippen LogP contribution in [0.3, 0.4) is 0 Å². The number of hydrogen-bond donors (Lipinski definition) is 0. The summed E-state index contributed by atoms with van der Waals surface area (Å²) in [6, 6.07) is 8.62. The quantitative estimate of drug-likeness (QED) is 0.807. The summed E-state index contributed by atoms with van der Waals surface area (Å²) in [6.45, 7) is 6.14. The number of fused-ring (bicyclic) bond motifs is 1. The van der Waals surface area contributed by atoms with E-state index >= 15 is 0 Å². The molecule has 3 atom stereocenters. The van der Waals surface area contributed by atoms with Crippen molar-refractivity contribution in [2.45, 2.75) is 45.1 Å². The molecule has 1 saturated carbocycles. The number of ether oxygens (including phenoxy) is 2. The molecule has 5 heteroatoms. The van der Waals surface area contributed by atoms with Crippen LogP contribution in [-0.4, -0.2) is 41.8 Å². The lowest BCUT2D eigenvalue weighted by Gasteiger charge is -2.37. The summed E-state index contributed by atoms with van der Waals surface area (Å²) in [7, 11) is 0. The summed E-state index contributed by atoms with van der Waals surface area (Å²) in [5.41, 5.74) is 3.29. The summed E-state index contributed by atoms with van der Waals surface area (Å²) in [5, 5.41) is 0. The van der Waals surface area contributed by atoms with Gasteiger partial charge in [0.15, 0.2) is 0 Å². The van der Waals surface area contributed by atoms with Crippen molar-refractivity contribution in [3.05, 3.63) is 53.7 Å². The highest BCUT2D eigenvalue weighted by Gasteiger charge is 2.40. The normalized spacial score (nSPS) is 26.7. The highest BCUT2D eigenvalue weighted by atomic mass is 16.5. The van der Waals surface area contributed by atoms with Crippen LogP contribution in [0, 0.1) is 12.8 Å². The van der Waals surface area contributed by atoms with E-state index in [0.717, 1.165) is 50.5 Å². The van der Waals surface area contributed by atoms with Gasteiger partial charge in [-0.3, -0.25) is 9.88 Å². The summed E-state index contributed by atoms with van der Waals surface area (Å²) >= 11 is 0. The fourth-order valence-electron chi connectivity index (χ4n) is 4.09. The van der Waals surface area contributed by atoms with Crippen molar-refractivity contribution in [2.75, 3.05) is 19.8 Å². The molecule has 5 nitrogen and oxygen atoms in total. The van der Waals surface area contributed by atoms with Crippen LogP contribution >= 0.6 is 0 Å². The molecule has 25 heavy (non-hydrogen) atoms. The Morgan fingerprint density at radius 3 is 3.08 bits per heavy atom. The molecule has 0 spiro atoms. The van der Waals surface area contributed by atoms with E-state index in [0.29, 0.717) is 24.7 Å². The molecule has 2 aromatic rings. The molecule has 134 valence electrons. The van der Waals surface area contributed by atoms with Gasteiger partial charge in [0.1, 0.15) is 0 Å². The third-order valence-corrected chi connectivity index (χ3v) is 5.26. The molecule has 1 aliphatic carbocycles. The molecule has 0 bridgehead atoms. The van der Waals surface area contributed by atoms with E-state index in [1.165, 1.54) is 5.56 Å². The first-order valence-electron chi connectivity index (χ1n) is 9.15. The van der Waals surface area contributed by atoms with Gasteiger partial charge in [-0.2, -0.15) is 0 Å². The first-order valence-corrected chi connectivity index (χ1v) is 9.15. The highest BCUT2D eigenvalue weighted by Crippen LogP contribution is 2.35. The van der Waals surface area contributed by atoms with Gasteiger partial charge in [0, 0.05) is 30.4 Å². The van der Waals surface area contributed by atoms with Gasteiger partial charge in [0.25, 0.3) is 0 Å². The average molecular weight is 342 g/mol. The number of hydrogen-bond acceptors (Lipinski definition) is 5. The van der Waals surface area contributed by atoms with E-state index in [1.54, 1.807) is 6.26 Å². The van der Waals surface area contributed by atoms with Crippen molar-refractivity contribution < 1.29 is 13.9 Å². The van der Waals surface area contributed by atoms with Crippen LogP contribution in [0.15, 0.2) is 41.2 Å². The lowest BCUT2D eigenvalue weighted by molar-refractivity contribution is -0.0591. The maximum absolute atomic E-state index is 6.03. The minimum atomic E-state index is 0.339. The molecular formula is C20H26N2O3. The molecule has 3 heterocycles. The highest BCUT2D eigenvalue weighted by molar-refractivity contribution is 5.09. The van der Waals surface area contributed by atoms with Gasteiger partial charge >= 0.3 is 0 Å². The molecule has 0 aromatic carbocycles. The van der Waals surface area contributed by atoms with Crippen LogP contribution < -0.4 is 0 Å². The molecule has 0 amide bonds. The third kappa shape index (κ3) is 4.11. The fourth-order valence-corrected chi connectivity index (χ4v) is 4.09. The van der Waals surface area contributed by atoms with Crippen LogP contribution in [0.5, 0.6) is 0 Å². The fraction of sp³-hybridized carbons (Fsp3) is 0.550. The van der Waals surface area contributed by atoms with E-state index in [-0.39, 0.29) is 0 Å². The summed E-state index contributed by atoms with van der Waals surface area (Å²) in [6.07, 6.45) is 6.16. The van der Waals surface area contributed by atoms with Gasteiger partial charge in [-0.05, 0) is 43.9 Å². The number of pyridine rings is 1. The monoisotopic (exact) mass is 342 g/mol. The Labute approximate surface area is 148 Å². The van der Waals surface area contributed by atoms with Gasteiger partial charge in [-0.25, -0.2) is 0 Å². The first kappa shape index (κ1) is 16.8. The largest absolute Gasteiger partial charge is 0.472 e. The minimum Gasteiger partial charge on any atom is -0.472 e. The summed E-state index contributed by atoms with van der Waals surface area (Å²) < 4.78 is 17.2. The summed E-state index contributed by atoms with van der Waals surface area (Å²) in [5.74, 6) is 0.560. The molecule has 1 unspecified atom stereocenters. The SMILES string of the molecule is Cc1cccc(COCC2C[C@@H]3[C@@H](C2)OCCN3Cc2ccoc2)n1. The van der Waals surface area contributed by atoms with E-state index in [4.69, 9.17) is 13.9 Å². The minimum absolute atomic E-state index is 0.339. The van der Waals surface area contributed by atoms with Crippen molar-refractivity contribution in [1.82, 2.24) is 9.88 Å². The molecule has 2 aromatic heterocycles. The van der Waals surface area contributed by atoms with Crippen LogP contribution in [0.4, 0.5) is 0 Å². The maximum Gasteiger partial charge on any atom is 0.0947 e. The lowest BCUT2D eigenvalue weighted by Crippen LogP contribution is -2.47. The predicted molar refractivity (Wildman–Crippen MR) is 94.0 cm³/mol. The predicted octanol–water partition coefficient (Wildman–Crippen LogP) is 3.18. The zero-order valence-electron chi connectivity index (χ0n) is 14.8. The maximum atomic E-state index is 6.03. The second kappa shape index (κ2) is 7.68.